The van der Waals surface area contributed by atoms with Crippen LogP contribution in [0.3, 0.4) is 0 Å². The van der Waals surface area contributed by atoms with E-state index in [9.17, 15) is 22.8 Å². The van der Waals surface area contributed by atoms with Crippen molar-refractivity contribution in [3.63, 3.8) is 0 Å². The van der Waals surface area contributed by atoms with Gasteiger partial charge in [-0.05, 0) is 50.7 Å². The molecule has 1 aromatic carbocycles. The van der Waals surface area contributed by atoms with Crippen molar-refractivity contribution in [1.82, 2.24) is 24.9 Å². The number of carbonyl (C=O) groups is 3. The predicted octanol–water partition coefficient (Wildman–Crippen LogP) is 1.78. The third-order valence-electron chi connectivity index (χ3n) is 10.2. The van der Waals surface area contributed by atoms with Crippen molar-refractivity contribution in [3.05, 3.63) is 30.5 Å². The normalized spacial score (nSPS) is 34.8. The molecule has 5 fully saturated rings. The zero-order valence-electron chi connectivity index (χ0n) is 24.6. The highest BCUT2D eigenvalue weighted by Gasteiger charge is 2.88. The molecule has 7 rings (SSSR count). The number of nitrogens with zero attached hydrogens (tertiary/aromatic N) is 3. The molecule has 1 spiro atoms. The number of fused-ring (bicyclic) bond motifs is 2. The molecule has 5 aliphatic rings. The van der Waals surface area contributed by atoms with Crippen LogP contribution in [0.2, 0.25) is 0 Å². The quantitative estimate of drug-likeness (QED) is 0.438. The third kappa shape index (κ3) is 5.30. The minimum atomic E-state index is -4.01. The van der Waals surface area contributed by atoms with Crippen LogP contribution < -0.4 is 20.5 Å². The fraction of sp³-hybridized carbons (Fsp3) is 0.633. The molecule has 3 amide bonds. The third-order valence-corrected chi connectivity index (χ3v) is 12.0. The van der Waals surface area contributed by atoms with E-state index in [0.29, 0.717) is 36.7 Å². The molecule has 0 bridgehead atoms. The number of benzene rings is 1. The van der Waals surface area contributed by atoms with Crippen molar-refractivity contribution in [2.24, 2.45) is 17.1 Å². The number of carbonyl (C=O) groups excluding carboxylic acids is 3. The average Bonchev–Trinajstić information content (AvgIpc) is 3.93. The summed E-state index contributed by atoms with van der Waals surface area (Å²) in [5.74, 6) is -6.31. The lowest BCUT2D eigenvalue weighted by Crippen LogP contribution is -2.58. The Hall–Kier alpha value is -3.46. The Balaban J connectivity index is 1.18. The summed E-state index contributed by atoms with van der Waals surface area (Å²) in [4.78, 5) is 51.3. The van der Waals surface area contributed by atoms with Crippen LogP contribution in [0, 0.1) is 11.3 Å². The molecule has 6 atom stereocenters. The monoisotopic (exact) mass is 646 g/mol. The van der Waals surface area contributed by atoms with E-state index in [0.717, 1.165) is 0 Å². The van der Waals surface area contributed by atoms with Crippen molar-refractivity contribution in [2.45, 2.75) is 99.1 Å². The number of nitrogens with one attached hydrogen (secondary N) is 2. The Bertz CT molecular complexity index is 1670. The number of hydrogen-bond acceptors (Lipinski definition) is 9. The van der Waals surface area contributed by atoms with Gasteiger partial charge in [0.2, 0.25) is 27.7 Å². The van der Waals surface area contributed by atoms with Crippen LogP contribution in [0.4, 0.5) is 8.78 Å². The summed E-state index contributed by atoms with van der Waals surface area (Å²) >= 11 is 0. The number of rotatable bonds is 5. The first-order valence-electron chi connectivity index (χ1n) is 15.6. The first-order chi connectivity index (χ1) is 21.4. The predicted molar refractivity (Wildman–Crippen MR) is 156 cm³/mol. The molecule has 45 heavy (non-hydrogen) atoms. The van der Waals surface area contributed by atoms with E-state index in [1.807, 2.05) is 12.1 Å². The van der Waals surface area contributed by atoms with Gasteiger partial charge in [-0.25, -0.2) is 27.2 Å². The highest BCUT2D eigenvalue weighted by Crippen LogP contribution is 2.80. The van der Waals surface area contributed by atoms with Crippen LogP contribution in [0.25, 0.3) is 11.0 Å². The number of ether oxygens (including phenoxy) is 1. The second-order valence-electron chi connectivity index (χ2n) is 13.3. The van der Waals surface area contributed by atoms with Crippen LogP contribution in [-0.2, 0) is 24.4 Å². The Morgan fingerprint density at radius 2 is 1.87 bits per heavy atom. The SMILES string of the molecule is N[C@H]1CCCCCC(F)(F)[C@@H]2CC23C[C@@]3(C(=O)NS(=O)(=O)C2CC2)NC(=O)[C@@H]2C[C@@H](Oc3cnc4ccccc4n3)CN2C1=O. The van der Waals surface area contributed by atoms with Gasteiger partial charge in [0.25, 0.3) is 11.8 Å². The molecule has 12 nitrogen and oxygen atoms in total. The summed E-state index contributed by atoms with van der Waals surface area (Å²) in [5.41, 5.74) is 4.43. The highest BCUT2D eigenvalue weighted by molar-refractivity contribution is 7.91. The highest BCUT2D eigenvalue weighted by atomic mass is 32.2. The molecule has 2 saturated heterocycles. The molecule has 242 valence electrons. The lowest BCUT2D eigenvalue weighted by atomic mass is 10.00. The number of sulfonamides is 1. The van der Waals surface area contributed by atoms with Gasteiger partial charge >= 0.3 is 0 Å². The molecular weight excluding hydrogens is 610 g/mol. The number of alkyl halides is 2. The number of aromatic nitrogens is 2. The van der Waals surface area contributed by atoms with Crippen molar-refractivity contribution >= 4 is 38.8 Å². The van der Waals surface area contributed by atoms with Gasteiger partial charge in [-0.2, -0.15) is 0 Å². The van der Waals surface area contributed by atoms with E-state index >= 15 is 8.78 Å². The van der Waals surface area contributed by atoms with Crippen LogP contribution in [0.1, 0.15) is 64.2 Å². The number of hydrogen-bond donors (Lipinski definition) is 3. The van der Waals surface area contributed by atoms with Crippen LogP contribution >= 0.6 is 0 Å². The zero-order valence-corrected chi connectivity index (χ0v) is 25.4. The minimum Gasteiger partial charge on any atom is -0.471 e. The average molecular weight is 647 g/mol. The lowest BCUT2D eigenvalue weighted by molar-refractivity contribution is -0.140. The van der Waals surface area contributed by atoms with E-state index in [2.05, 4.69) is 20.0 Å². The summed E-state index contributed by atoms with van der Waals surface area (Å²) in [7, 11) is -4.01. The second kappa shape index (κ2) is 10.5. The van der Waals surface area contributed by atoms with Gasteiger partial charge in [0, 0.05) is 24.2 Å². The molecule has 15 heteroatoms. The lowest BCUT2D eigenvalue weighted by Gasteiger charge is -2.28. The van der Waals surface area contributed by atoms with E-state index in [1.54, 1.807) is 12.1 Å². The van der Waals surface area contributed by atoms with E-state index in [1.165, 1.54) is 11.1 Å². The first-order valence-corrected chi connectivity index (χ1v) is 17.1. The Morgan fingerprint density at radius 3 is 2.62 bits per heavy atom. The topological polar surface area (TPSA) is 174 Å². The van der Waals surface area contributed by atoms with Gasteiger partial charge in [0.1, 0.15) is 17.7 Å². The largest absolute Gasteiger partial charge is 0.471 e. The summed E-state index contributed by atoms with van der Waals surface area (Å²) in [5, 5.41) is 1.97. The Kier molecular flexibility index (Phi) is 7.08. The first kappa shape index (κ1) is 30.2. The Morgan fingerprint density at radius 1 is 1.11 bits per heavy atom. The summed E-state index contributed by atoms with van der Waals surface area (Å²) in [6.45, 7) is 0.000220. The fourth-order valence-corrected chi connectivity index (χ4v) is 8.77. The zero-order chi connectivity index (χ0) is 31.8. The molecule has 3 heterocycles. The Labute approximate surface area is 258 Å². The van der Waals surface area contributed by atoms with E-state index in [-0.39, 0.29) is 44.5 Å². The maximum Gasteiger partial charge on any atom is 0.259 e. The summed E-state index contributed by atoms with van der Waals surface area (Å²) in [6.07, 6.45) is 2.43. The maximum atomic E-state index is 15.4. The van der Waals surface area contributed by atoms with Gasteiger partial charge < -0.3 is 20.7 Å². The number of amides is 3. The maximum absolute atomic E-state index is 15.4. The van der Waals surface area contributed by atoms with Gasteiger partial charge in [-0.15, -0.1) is 0 Å². The molecule has 3 saturated carbocycles. The van der Waals surface area contributed by atoms with Crippen LogP contribution in [-0.4, -0.2) is 82.5 Å². The van der Waals surface area contributed by atoms with Crippen molar-refractivity contribution in [2.75, 3.05) is 6.54 Å². The number of nitrogens with two attached hydrogens (primary N) is 1. The fourth-order valence-electron chi connectivity index (χ4n) is 7.41. The van der Waals surface area contributed by atoms with Gasteiger partial charge in [0.05, 0.1) is 35.1 Å². The van der Waals surface area contributed by atoms with Gasteiger partial charge in [0.15, 0.2) is 0 Å². The molecule has 4 N–H and O–H groups in total. The van der Waals surface area contributed by atoms with Crippen molar-refractivity contribution < 1.29 is 36.3 Å². The standard InChI is InChI=1S/C30H36F2N6O6S/c31-30(32)11-5-1-2-6-19(33)26(40)38-15-17(44-24-14-34-20-7-3-4-8-21(20)35-24)12-22(38)25(39)36-29(16-28(29)13-23(28)30)27(41)37-45(42,43)18-9-10-18/h3-4,7-8,14,17-19,22-23H,1-2,5-6,9-13,15-16,33H2,(H,36,39)(H,37,41)/t17-,19+,22+,23-,28?,29+/m1/s1. The molecular formula is C30H36F2N6O6S. The summed E-state index contributed by atoms with van der Waals surface area (Å²) in [6, 6.07) is 5.12. The van der Waals surface area contributed by atoms with Crippen molar-refractivity contribution in [3.8, 4) is 5.88 Å². The minimum absolute atomic E-state index is 0.000220. The van der Waals surface area contributed by atoms with Gasteiger partial charge in [-0.3, -0.25) is 19.1 Å². The molecule has 2 aliphatic heterocycles. The smallest absolute Gasteiger partial charge is 0.259 e. The summed E-state index contributed by atoms with van der Waals surface area (Å²) < 4.78 is 64.4. The van der Waals surface area contributed by atoms with Crippen molar-refractivity contribution in [1.29, 1.82) is 0 Å². The number of halogens is 2. The van der Waals surface area contributed by atoms with E-state index in [4.69, 9.17) is 10.5 Å². The molecule has 3 aliphatic carbocycles. The molecule has 0 radical (unpaired) electrons. The molecule has 1 unspecified atom stereocenters. The second-order valence-corrected chi connectivity index (χ2v) is 15.3. The van der Waals surface area contributed by atoms with Crippen LogP contribution in [0.5, 0.6) is 5.88 Å². The van der Waals surface area contributed by atoms with Crippen LogP contribution in [0.15, 0.2) is 30.5 Å². The van der Waals surface area contributed by atoms with E-state index < -0.39 is 80.4 Å². The molecule has 2 aromatic rings. The molecule has 1 aromatic heterocycles. The van der Waals surface area contributed by atoms with Gasteiger partial charge in [-0.1, -0.05) is 25.0 Å². The number of para-hydroxylation sites is 2.